The van der Waals surface area contributed by atoms with E-state index in [1.165, 1.54) is 5.56 Å². The van der Waals surface area contributed by atoms with E-state index in [0.29, 0.717) is 18.6 Å². The van der Waals surface area contributed by atoms with Gasteiger partial charge in [0, 0.05) is 18.1 Å². The van der Waals surface area contributed by atoms with E-state index < -0.39 is 11.7 Å². The molecule has 2 aromatic carbocycles. The number of amides is 1. The Kier molecular flexibility index (Phi) is 6.06. The van der Waals surface area contributed by atoms with Crippen molar-refractivity contribution in [3.8, 4) is 17.2 Å². The molecule has 2 aromatic rings. The molecule has 0 radical (unpaired) electrons. The Hall–Kier alpha value is -2.69. The minimum atomic E-state index is -0.551. The number of hydrogen-bond donors (Lipinski definition) is 1. The van der Waals surface area contributed by atoms with Crippen molar-refractivity contribution in [3.05, 3.63) is 53.1 Å². The molecule has 0 unspecified atom stereocenters. The summed E-state index contributed by atoms with van der Waals surface area (Å²) in [5.74, 6) is 2.08. The fraction of sp³-hybridized carbons (Fsp3) is 0.458. The van der Waals surface area contributed by atoms with Gasteiger partial charge in [0.05, 0.1) is 13.2 Å². The zero-order chi connectivity index (χ0) is 21.2. The second-order valence-electron chi connectivity index (χ2n) is 8.29. The summed E-state index contributed by atoms with van der Waals surface area (Å²) in [6, 6.07) is 11.5. The van der Waals surface area contributed by atoms with Gasteiger partial charge in [-0.1, -0.05) is 13.0 Å². The van der Waals surface area contributed by atoms with Gasteiger partial charge in [0.1, 0.15) is 22.8 Å². The fourth-order valence-electron chi connectivity index (χ4n) is 3.63. The molecule has 0 spiro atoms. The number of nitrogens with one attached hydrogen (secondary N) is 1. The van der Waals surface area contributed by atoms with Crippen LogP contribution in [-0.4, -0.2) is 24.7 Å². The van der Waals surface area contributed by atoms with E-state index in [4.69, 9.17) is 14.2 Å². The van der Waals surface area contributed by atoms with Gasteiger partial charge in [-0.3, -0.25) is 4.79 Å². The lowest BCUT2D eigenvalue weighted by Gasteiger charge is -2.38. The molecule has 5 nitrogen and oxygen atoms in total. The minimum absolute atomic E-state index is 0.116. The van der Waals surface area contributed by atoms with E-state index in [9.17, 15) is 4.79 Å². The highest BCUT2D eigenvalue weighted by Gasteiger charge is 2.36. The highest BCUT2D eigenvalue weighted by atomic mass is 16.5. The van der Waals surface area contributed by atoms with Crippen LogP contribution >= 0.6 is 0 Å². The van der Waals surface area contributed by atoms with Crippen molar-refractivity contribution in [3.63, 3.8) is 0 Å². The third-order valence-electron chi connectivity index (χ3n) is 5.41. The lowest BCUT2D eigenvalue weighted by molar-refractivity contribution is -0.129. The fourth-order valence-corrected chi connectivity index (χ4v) is 3.63. The molecule has 1 amide bonds. The molecule has 156 valence electrons. The zero-order valence-corrected chi connectivity index (χ0v) is 18.2. The van der Waals surface area contributed by atoms with Crippen molar-refractivity contribution in [2.24, 2.45) is 0 Å². The average molecular weight is 398 g/mol. The van der Waals surface area contributed by atoms with E-state index in [1.807, 2.05) is 64.1 Å². The van der Waals surface area contributed by atoms with Gasteiger partial charge in [0.2, 0.25) is 0 Å². The molecule has 0 saturated carbocycles. The van der Waals surface area contributed by atoms with E-state index in [0.717, 1.165) is 22.6 Å². The quantitative estimate of drug-likeness (QED) is 0.754. The molecule has 3 rings (SSSR count). The SMILES string of the molecule is CC[C@H](Oc1ccc(C)c(C)c1)C(=O)N[C@@H]1CC(C)(C)Oc2cc(OC)ccc21. The molecular formula is C24H31NO4. The van der Waals surface area contributed by atoms with Crippen LogP contribution in [0.4, 0.5) is 0 Å². The molecule has 1 heterocycles. The van der Waals surface area contributed by atoms with Crippen LogP contribution in [0.15, 0.2) is 36.4 Å². The second kappa shape index (κ2) is 8.36. The highest BCUT2D eigenvalue weighted by Crippen LogP contribution is 2.41. The predicted octanol–water partition coefficient (Wildman–Crippen LogP) is 4.89. The molecule has 0 bridgehead atoms. The number of carbonyl (C=O) groups is 1. The Morgan fingerprint density at radius 3 is 2.55 bits per heavy atom. The van der Waals surface area contributed by atoms with Gasteiger partial charge < -0.3 is 19.5 Å². The summed E-state index contributed by atoms with van der Waals surface area (Å²) >= 11 is 0. The van der Waals surface area contributed by atoms with Crippen LogP contribution in [0.3, 0.4) is 0 Å². The van der Waals surface area contributed by atoms with E-state index >= 15 is 0 Å². The van der Waals surface area contributed by atoms with Crippen molar-refractivity contribution in [2.45, 2.75) is 65.2 Å². The summed E-state index contributed by atoms with van der Waals surface area (Å²) < 4.78 is 17.5. The number of ether oxygens (including phenoxy) is 3. The van der Waals surface area contributed by atoms with Gasteiger partial charge in [0.15, 0.2) is 6.10 Å². The summed E-state index contributed by atoms with van der Waals surface area (Å²) in [7, 11) is 1.63. The molecule has 0 fully saturated rings. The molecular weight excluding hydrogens is 366 g/mol. The van der Waals surface area contributed by atoms with Crippen LogP contribution in [0.1, 0.15) is 56.3 Å². The molecule has 1 N–H and O–H groups in total. The van der Waals surface area contributed by atoms with Crippen LogP contribution < -0.4 is 19.5 Å². The summed E-state index contributed by atoms with van der Waals surface area (Å²) in [6.07, 6.45) is 0.712. The van der Waals surface area contributed by atoms with Crippen LogP contribution in [-0.2, 0) is 4.79 Å². The summed E-state index contributed by atoms with van der Waals surface area (Å²) in [5.41, 5.74) is 2.91. The number of rotatable bonds is 6. The molecule has 1 aliphatic rings. The van der Waals surface area contributed by atoms with Gasteiger partial charge in [-0.15, -0.1) is 0 Å². The third kappa shape index (κ3) is 4.84. The maximum absolute atomic E-state index is 13.0. The molecule has 29 heavy (non-hydrogen) atoms. The zero-order valence-electron chi connectivity index (χ0n) is 18.2. The van der Waals surface area contributed by atoms with Crippen molar-refractivity contribution in [2.75, 3.05) is 7.11 Å². The largest absolute Gasteiger partial charge is 0.497 e. The van der Waals surface area contributed by atoms with Crippen LogP contribution in [0.2, 0.25) is 0 Å². The summed E-state index contributed by atoms with van der Waals surface area (Å²) in [6.45, 7) is 10.1. The van der Waals surface area contributed by atoms with E-state index in [2.05, 4.69) is 12.2 Å². The number of methoxy groups -OCH3 is 1. The Morgan fingerprint density at radius 1 is 1.17 bits per heavy atom. The second-order valence-corrected chi connectivity index (χ2v) is 8.29. The van der Waals surface area contributed by atoms with Gasteiger partial charge in [0.25, 0.3) is 5.91 Å². The highest BCUT2D eigenvalue weighted by molar-refractivity contribution is 5.81. The number of benzene rings is 2. The maximum Gasteiger partial charge on any atom is 0.261 e. The van der Waals surface area contributed by atoms with Crippen molar-refractivity contribution < 1.29 is 19.0 Å². The Bertz CT molecular complexity index is 890. The topological polar surface area (TPSA) is 56.8 Å². The first-order valence-corrected chi connectivity index (χ1v) is 10.1. The average Bonchev–Trinajstić information content (AvgIpc) is 2.67. The molecule has 5 heteroatoms. The first-order valence-electron chi connectivity index (χ1n) is 10.1. The molecule has 2 atom stereocenters. The molecule has 1 aliphatic heterocycles. The molecule has 0 aliphatic carbocycles. The van der Waals surface area contributed by atoms with Gasteiger partial charge in [-0.2, -0.15) is 0 Å². The lowest BCUT2D eigenvalue weighted by atomic mass is 9.89. The number of hydrogen-bond acceptors (Lipinski definition) is 4. The Morgan fingerprint density at radius 2 is 1.90 bits per heavy atom. The summed E-state index contributed by atoms with van der Waals surface area (Å²) in [5, 5.41) is 3.18. The van der Waals surface area contributed by atoms with Gasteiger partial charge in [-0.05, 0) is 69.5 Å². The number of fused-ring (bicyclic) bond motifs is 1. The van der Waals surface area contributed by atoms with Crippen molar-refractivity contribution >= 4 is 5.91 Å². The van der Waals surface area contributed by atoms with Gasteiger partial charge >= 0.3 is 0 Å². The first kappa shape index (κ1) is 21.0. The molecule has 0 aromatic heterocycles. The normalized spacial score (nSPS) is 18.2. The lowest BCUT2D eigenvalue weighted by Crippen LogP contribution is -2.45. The van der Waals surface area contributed by atoms with Crippen LogP contribution in [0.5, 0.6) is 17.2 Å². The van der Waals surface area contributed by atoms with Gasteiger partial charge in [-0.25, -0.2) is 0 Å². The predicted molar refractivity (Wildman–Crippen MR) is 114 cm³/mol. The summed E-state index contributed by atoms with van der Waals surface area (Å²) in [4.78, 5) is 13.0. The number of aryl methyl sites for hydroxylation is 2. The standard InChI is InChI=1S/C24H31NO4/c1-7-21(28-18-9-8-15(2)16(3)12-18)23(26)25-20-14-24(4,5)29-22-13-17(27-6)10-11-19(20)22/h8-13,20-21H,7,14H2,1-6H3,(H,25,26)/t20-,21+/m1/s1. The smallest absolute Gasteiger partial charge is 0.261 e. The van der Waals surface area contributed by atoms with Crippen molar-refractivity contribution in [1.82, 2.24) is 5.32 Å². The van der Waals surface area contributed by atoms with Crippen molar-refractivity contribution in [1.29, 1.82) is 0 Å². The molecule has 0 saturated heterocycles. The van der Waals surface area contributed by atoms with E-state index in [-0.39, 0.29) is 11.9 Å². The minimum Gasteiger partial charge on any atom is -0.497 e. The van der Waals surface area contributed by atoms with Crippen LogP contribution in [0, 0.1) is 13.8 Å². The van der Waals surface area contributed by atoms with E-state index in [1.54, 1.807) is 7.11 Å². The maximum atomic E-state index is 13.0. The Balaban J connectivity index is 1.78. The number of carbonyl (C=O) groups excluding carboxylic acids is 1. The Labute approximate surface area is 173 Å². The monoisotopic (exact) mass is 397 g/mol. The third-order valence-corrected chi connectivity index (χ3v) is 5.41. The first-order chi connectivity index (χ1) is 13.7. The van der Waals surface area contributed by atoms with Crippen LogP contribution in [0.25, 0.3) is 0 Å².